The summed E-state index contributed by atoms with van der Waals surface area (Å²) in [5, 5.41) is 12.9. The number of anilines is 1. The predicted molar refractivity (Wildman–Crippen MR) is 142 cm³/mol. The van der Waals surface area contributed by atoms with Crippen molar-refractivity contribution in [1.82, 2.24) is 24.9 Å². The van der Waals surface area contributed by atoms with Gasteiger partial charge in [-0.1, -0.05) is 36.4 Å². The smallest absolute Gasteiger partial charge is 0.295 e. The Morgan fingerprint density at radius 2 is 1.84 bits per heavy atom. The number of hydrogen-bond acceptors (Lipinski definition) is 7. The van der Waals surface area contributed by atoms with Crippen molar-refractivity contribution >= 4 is 11.7 Å². The minimum absolute atomic E-state index is 0.00989. The number of piperidine rings is 1. The maximum atomic E-state index is 13.6. The molecule has 0 radical (unpaired) electrons. The summed E-state index contributed by atoms with van der Waals surface area (Å²) in [6.07, 6.45) is 5.08. The highest BCUT2D eigenvalue weighted by molar-refractivity contribution is 6.04. The van der Waals surface area contributed by atoms with E-state index < -0.39 is 0 Å². The molecule has 9 nitrogen and oxygen atoms in total. The van der Waals surface area contributed by atoms with Crippen LogP contribution in [0.1, 0.15) is 34.9 Å². The van der Waals surface area contributed by atoms with E-state index in [1.165, 1.54) is 11.8 Å². The molecule has 0 N–H and O–H groups in total. The van der Waals surface area contributed by atoms with Gasteiger partial charge in [0.15, 0.2) is 11.6 Å². The van der Waals surface area contributed by atoms with Crippen molar-refractivity contribution < 1.29 is 13.6 Å². The second-order valence-corrected chi connectivity index (χ2v) is 9.44. The number of benzene rings is 2. The van der Waals surface area contributed by atoms with Crippen molar-refractivity contribution in [3.63, 3.8) is 0 Å². The third-order valence-corrected chi connectivity index (χ3v) is 6.83. The average molecular weight is 509 g/mol. The van der Waals surface area contributed by atoms with E-state index in [4.69, 9.17) is 13.9 Å². The highest BCUT2D eigenvalue weighted by Gasteiger charge is 2.32. The second kappa shape index (κ2) is 10.5. The molecule has 1 aliphatic rings. The molecule has 0 unspecified atom stereocenters. The molecule has 0 spiro atoms. The first-order chi connectivity index (χ1) is 18.6. The molecule has 192 valence electrons. The third-order valence-electron chi connectivity index (χ3n) is 6.83. The molecule has 0 saturated carbocycles. The van der Waals surface area contributed by atoms with E-state index >= 15 is 0 Å². The van der Waals surface area contributed by atoms with E-state index in [0.29, 0.717) is 23.4 Å². The number of furan rings is 1. The number of rotatable bonds is 7. The highest BCUT2D eigenvalue weighted by Crippen LogP contribution is 2.27. The lowest BCUT2D eigenvalue weighted by Gasteiger charge is -2.37. The molecule has 6 rings (SSSR count). The van der Waals surface area contributed by atoms with Crippen molar-refractivity contribution in [2.45, 2.75) is 32.4 Å². The summed E-state index contributed by atoms with van der Waals surface area (Å²) in [6, 6.07) is 23.5. The van der Waals surface area contributed by atoms with Crippen LogP contribution >= 0.6 is 0 Å². The van der Waals surface area contributed by atoms with Crippen LogP contribution < -0.4 is 4.90 Å². The quantitative estimate of drug-likeness (QED) is 0.301. The molecule has 0 aliphatic carbocycles. The molecule has 3 aromatic heterocycles. The number of amides is 1. The summed E-state index contributed by atoms with van der Waals surface area (Å²) < 4.78 is 12.8. The Kier molecular flexibility index (Phi) is 6.58. The molecule has 9 heteroatoms. The van der Waals surface area contributed by atoms with E-state index in [1.54, 1.807) is 28.6 Å². The summed E-state index contributed by atoms with van der Waals surface area (Å²) in [7, 11) is 0. The first-order valence-electron chi connectivity index (χ1n) is 12.7. The Morgan fingerprint density at radius 3 is 2.58 bits per heavy atom. The first kappa shape index (κ1) is 23.9. The van der Waals surface area contributed by atoms with Crippen molar-refractivity contribution in [2.75, 3.05) is 18.0 Å². The minimum atomic E-state index is -0.183. The molecular weight excluding hydrogens is 480 g/mol. The van der Waals surface area contributed by atoms with Crippen LogP contribution in [-0.2, 0) is 6.54 Å². The van der Waals surface area contributed by atoms with Gasteiger partial charge in [0.25, 0.3) is 5.91 Å². The van der Waals surface area contributed by atoms with Crippen molar-refractivity contribution in [3.05, 3.63) is 102 Å². The number of aromatic nitrogens is 4. The standard InChI is InChI=1S/C29H28N6O3/c1-21-30-31-28(38-21)23-9-5-10-25(19-23)34-17-14-27(32-34)35(29(36)26-11-6-18-37-26)24-12-15-33(16-13-24)20-22-7-3-2-4-8-22/h2-11,14,17-19,24H,12-13,15-16,20H2,1H3. The van der Waals surface area contributed by atoms with Gasteiger partial charge in [-0.25, -0.2) is 4.68 Å². The van der Waals surface area contributed by atoms with Crippen LogP contribution in [0.15, 0.2) is 94.1 Å². The molecular formula is C29H28N6O3. The van der Waals surface area contributed by atoms with Crippen LogP contribution in [0.5, 0.6) is 0 Å². The number of likely N-dealkylation sites (tertiary alicyclic amines) is 1. The molecule has 1 fully saturated rings. The molecule has 0 bridgehead atoms. The summed E-state index contributed by atoms with van der Waals surface area (Å²) in [4.78, 5) is 17.8. The Labute approximate surface area is 220 Å². The SMILES string of the molecule is Cc1nnc(-c2cccc(-n3ccc(N(C(=O)c4ccco4)C4CCN(Cc5ccccc5)CC4)n3)c2)o1. The summed E-state index contributed by atoms with van der Waals surface area (Å²) in [5.41, 5.74) is 2.92. The molecule has 5 aromatic rings. The van der Waals surface area contributed by atoms with Gasteiger partial charge in [0.1, 0.15) is 0 Å². The van der Waals surface area contributed by atoms with Gasteiger partial charge in [0, 0.05) is 50.4 Å². The average Bonchev–Trinajstić information content (AvgIpc) is 3.73. The molecule has 0 atom stereocenters. The van der Waals surface area contributed by atoms with E-state index in [2.05, 4.69) is 39.4 Å². The number of nitrogens with zero attached hydrogens (tertiary/aromatic N) is 6. The van der Waals surface area contributed by atoms with Gasteiger partial charge in [0.2, 0.25) is 11.8 Å². The van der Waals surface area contributed by atoms with Crippen molar-refractivity contribution in [2.24, 2.45) is 0 Å². The Bertz CT molecular complexity index is 1500. The van der Waals surface area contributed by atoms with Gasteiger partial charge < -0.3 is 8.83 Å². The predicted octanol–water partition coefficient (Wildman–Crippen LogP) is 5.14. The van der Waals surface area contributed by atoms with Gasteiger partial charge in [0.05, 0.1) is 12.0 Å². The second-order valence-electron chi connectivity index (χ2n) is 9.44. The molecule has 1 saturated heterocycles. The fourth-order valence-electron chi connectivity index (χ4n) is 4.93. The van der Waals surface area contributed by atoms with Crippen LogP contribution in [0.3, 0.4) is 0 Å². The van der Waals surface area contributed by atoms with Gasteiger partial charge in [-0.2, -0.15) is 0 Å². The van der Waals surface area contributed by atoms with Crippen molar-refractivity contribution in [1.29, 1.82) is 0 Å². The van der Waals surface area contributed by atoms with Crippen LogP contribution in [0.2, 0.25) is 0 Å². The largest absolute Gasteiger partial charge is 0.459 e. The Hall–Kier alpha value is -4.50. The summed E-state index contributed by atoms with van der Waals surface area (Å²) >= 11 is 0. The Morgan fingerprint density at radius 1 is 1.00 bits per heavy atom. The van der Waals surface area contributed by atoms with Crippen LogP contribution in [0, 0.1) is 6.92 Å². The maximum Gasteiger partial charge on any atom is 0.295 e. The third kappa shape index (κ3) is 5.01. The van der Waals surface area contributed by atoms with E-state index in [0.717, 1.165) is 43.7 Å². The van der Waals surface area contributed by atoms with Gasteiger partial charge in [-0.3, -0.25) is 14.6 Å². The lowest BCUT2D eigenvalue weighted by Crippen LogP contribution is -2.47. The van der Waals surface area contributed by atoms with Crippen LogP contribution in [-0.4, -0.2) is 49.9 Å². The number of carbonyl (C=O) groups is 1. The Balaban J connectivity index is 1.24. The molecule has 1 amide bonds. The lowest BCUT2D eigenvalue weighted by atomic mass is 10.0. The minimum Gasteiger partial charge on any atom is -0.459 e. The molecule has 1 aliphatic heterocycles. The zero-order chi connectivity index (χ0) is 25.9. The zero-order valence-electron chi connectivity index (χ0n) is 21.1. The topological polar surface area (TPSA) is 93.4 Å². The van der Waals surface area contributed by atoms with E-state index in [1.807, 2.05) is 42.6 Å². The highest BCUT2D eigenvalue weighted by atomic mass is 16.4. The van der Waals surface area contributed by atoms with Crippen LogP contribution in [0.25, 0.3) is 17.1 Å². The summed E-state index contributed by atoms with van der Waals surface area (Å²) in [6.45, 7) is 4.46. The molecule has 2 aromatic carbocycles. The maximum absolute atomic E-state index is 13.6. The fraction of sp³-hybridized carbons (Fsp3) is 0.241. The van der Waals surface area contributed by atoms with E-state index in [-0.39, 0.29) is 11.9 Å². The zero-order valence-corrected chi connectivity index (χ0v) is 21.1. The van der Waals surface area contributed by atoms with Gasteiger partial charge in [-0.15, -0.1) is 15.3 Å². The fourth-order valence-corrected chi connectivity index (χ4v) is 4.93. The van der Waals surface area contributed by atoms with E-state index in [9.17, 15) is 4.79 Å². The normalized spacial score (nSPS) is 14.6. The number of carbonyl (C=O) groups excluding carboxylic acids is 1. The van der Waals surface area contributed by atoms with Crippen molar-refractivity contribution in [3.8, 4) is 17.1 Å². The first-order valence-corrected chi connectivity index (χ1v) is 12.7. The molecule has 4 heterocycles. The van der Waals surface area contributed by atoms with Gasteiger partial charge in [-0.05, 0) is 48.7 Å². The van der Waals surface area contributed by atoms with Crippen LogP contribution in [0.4, 0.5) is 5.82 Å². The lowest BCUT2D eigenvalue weighted by molar-refractivity contribution is 0.0930. The summed E-state index contributed by atoms with van der Waals surface area (Å²) in [5.74, 6) is 1.67. The number of aryl methyl sites for hydroxylation is 1. The number of hydrogen-bond donors (Lipinski definition) is 0. The van der Waals surface area contributed by atoms with Gasteiger partial charge >= 0.3 is 0 Å². The monoisotopic (exact) mass is 508 g/mol. The molecule has 38 heavy (non-hydrogen) atoms.